The summed E-state index contributed by atoms with van der Waals surface area (Å²) in [5.74, 6) is 2.76. The lowest BCUT2D eigenvalue weighted by Crippen LogP contribution is -2.32. The van der Waals surface area contributed by atoms with Gasteiger partial charge in [-0.1, -0.05) is 125 Å². The normalized spacial score (nSPS) is 24.0. The molecule has 0 aliphatic heterocycles. The highest BCUT2D eigenvalue weighted by Gasteiger charge is 2.34. The molecular formula is C35H56O. The summed E-state index contributed by atoms with van der Waals surface area (Å²) in [6.07, 6.45) is 33.4. The lowest BCUT2D eigenvalue weighted by molar-refractivity contribution is 0.123. The molecule has 0 spiro atoms. The first-order chi connectivity index (χ1) is 17.0. The molecule has 1 saturated carbocycles. The molecule has 1 fully saturated rings. The van der Waals surface area contributed by atoms with Crippen molar-refractivity contribution >= 4 is 0 Å². The van der Waals surface area contributed by atoms with Crippen molar-refractivity contribution in [1.29, 1.82) is 0 Å². The van der Waals surface area contributed by atoms with Crippen LogP contribution in [-0.2, 0) is 0 Å². The smallest absolute Gasteiger partial charge is 0.0642 e. The lowest BCUT2D eigenvalue weighted by Gasteiger charge is -2.41. The summed E-state index contributed by atoms with van der Waals surface area (Å²) in [6.45, 7) is 18.4. The zero-order valence-corrected chi connectivity index (χ0v) is 24.8. The maximum atomic E-state index is 9.02. The zero-order chi connectivity index (χ0) is 27.0. The van der Waals surface area contributed by atoms with E-state index < -0.39 is 0 Å². The molecule has 0 heterocycles. The van der Waals surface area contributed by atoms with Crippen LogP contribution < -0.4 is 0 Å². The van der Waals surface area contributed by atoms with E-state index >= 15 is 0 Å². The van der Waals surface area contributed by atoms with Crippen LogP contribution in [0.4, 0.5) is 0 Å². The van der Waals surface area contributed by atoms with Gasteiger partial charge in [-0.05, 0) is 87.5 Å². The van der Waals surface area contributed by atoms with Gasteiger partial charge in [0.1, 0.15) is 0 Å². The van der Waals surface area contributed by atoms with Gasteiger partial charge in [0.05, 0.1) is 6.61 Å². The number of hydrogen-bond acceptors (Lipinski definition) is 1. The summed E-state index contributed by atoms with van der Waals surface area (Å²) in [4.78, 5) is 0. The highest BCUT2D eigenvalue weighted by atomic mass is 16.3. The molecule has 36 heavy (non-hydrogen) atoms. The van der Waals surface area contributed by atoms with Crippen LogP contribution in [0.1, 0.15) is 100 Å². The molecule has 1 aliphatic carbocycles. The minimum atomic E-state index is 0.115. The van der Waals surface area contributed by atoms with Gasteiger partial charge in [0.2, 0.25) is 0 Å². The Morgan fingerprint density at radius 1 is 0.972 bits per heavy atom. The van der Waals surface area contributed by atoms with Gasteiger partial charge in [0, 0.05) is 0 Å². The Morgan fingerprint density at radius 2 is 1.69 bits per heavy atom. The second-order valence-corrected chi connectivity index (χ2v) is 12.1. The minimum absolute atomic E-state index is 0.115. The summed E-state index contributed by atoms with van der Waals surface area (Å²) in [5, 5.41) is 9.02. The molecule has 0 saturated heterocycles. The number of allylic oxidation sites excluding steroid dienone is 13. The van der Waals surface area contributed by atoms with Crippen LogP contribution in [0.3, 0.4) is 0 Å². The largest absolute Gasteiger partial charge is 0.392 e. The third-order valence-electron chi connectivity index (χ3n) is 7.69. The molecule has 4 atom stereocenters. The second kappa shape index (κ2) is 17.6. The molecule has 1 rings (SSSR count). The van der Waals surface area contributed by atoms with Gasteiger partial charge in [-0.15, -0.1) is 0 Å². The Bertz CT molecular complexity index is 827. The van der Waals surface area contributed by atoms with E-state index in [2.05, 4.69) is 103 Å². The first-order valence-electron chi connectivity index (χ1n) is 14.3. The predicted molar refractivity (Wildman–Crippen MR) is 162 cm³/mol. The van der Waals surface area contributed by atoms with Crippen molar-refractivity contribution in [2.75, 3.05) is 6.61 Å². The molecule has 0 radical (unpaired) electrons. The van der Waals surface area contributed by atoms with Gasteiger partial charge >= 0.3 is 0 Å². The van der Waals surface area contributed by atoms with E-state index in [4.69, 9.17) is 5.11 Å². The average Bonchev–Trinajstić information content (AvgIpc) is 2.81. The van der Waals surface area contributed by atoms with Gasteiger partial charge in [0.15, 0.2) is 0 Å². The monoisotopic (exact) mass is 492 g/mol. The lowest BCUT2D eigenvalue weighted by atomic mass is 9.64. The second-order valence-electron chi connectivity index (χ2n) is 12.1. The van der Waals surface area contributed by atoms with Crippen LogP contribution in [0.25, 0.3) is 0 Å². The van der Waals surface area contributed by atoms with Crippen molar-refractivity contribution in [3.8, 4) is 0 Å². The molecule has 0 aromatic heterocycles. The Morgan fingerprint density at radius 3 is 2.39 bits per heavy atom. The minimum Gasteiger partial charge on any atom is -0.392 e. The van der Waals surface area contributed by atoms with Gasteiger partial charge in [0.25, 0.3) is 0 Å². The van der Waals surface area contributed by atoms with E-state index in [1.165, 1.54) is 43.3 Å². The van der Waals surface area contributed by atoms with Gasteiger partial charge in [-0.3, -0.25) is 0 Å². The molecule has 0 amide bonds. The topological polar surface area (TPSA) is 20.2 Å². The number of aliphatic hydroxyl groups is 1. The standard InChI is InChI=1S/C35H56O/c1-28(17-11-19-30(3)20-13-22-32(5)27-36)15-9-10-16-29(2)18-12-21-31(4)24-25-34-33(6)23-14-26-35(34,7)8/h9-11,13,17,19-22,24-25,28-29,33-34,36H,12,14-16,18,23,26-27H2,1-8H3/b10-9+,17-11+,20-13+,25-24+,30-19+,31-21+,32-22+. The molecule has 4 unspecified atom stereocenters. The molecule has 0 bridgehead atoms. The number of aliphatic hydroxyl groups excluding tert-OH is 1. The van der Waals surface area contributed by atoms with Crippen molar-refractivity contribution in [1.82, 2.24) is 0 Å². The molecule has 1 aliphatic rings. The fourth-order valence-electron chi connectivity index (χ4n) is 5.07. The molecule has 1 nitrogen and oxygen atoms in total. The Balaban J connectivity index is 2.34. The fourth-order valence-corrected chi connectivity index (χ4v) is 5.07. The third-order valence-corrected chi connectivity index (χ3v) is 7.69. The first kappa shape index (κ1) is 32.2. The maximum absolute atomic E-state index is 9.02. The summed E-state index contributed by atoms with van der Waals surface area (Å²) in [7, 11) is 0. The van der Waals surface area contributed by atoms with Crippen LogP contribution in [0.15, 0.2) is 83.6 Å². The summed E-state index contributed by atoms with van der Waals surface area (Å²) in [5.41, 5.74) is 4.03. The maximum Gasteiger partial charge on any atom is 0.0642 e. The van der Waals surface area contributed by atoms with Crippen molar-refractivity contribution in [2.45, 2.75) is 100 Å². The zero-order valence-electron chi connectivity index (χ0n) is 24.8. The highest BCUT2D eigenvalue weighted by molar-refractivity contribution is 5.25. The van der Waals surface area contributed by atoms with Gasteiger partial charge in [-0.25, -0.2) is 0 Å². The molecule has 1 heteroatoms. The van der Waals surface area contributed by atoms with Crippen molar-refractivity contribution in [3.63, 3.8) is 0 Å². The molecule has 0 aromatic rings. The SMILES string of the molecule is CC(/C=C/C=C(\C)CO)=C\C=C\C(C)C/C=C/CC(C)CC/C=C(C)/C=C/C1C(C)CCCC1(C)C. The predicted octanol–water partition coefficient (Wildman–Crippen LogP) is 10.3. The third kappa shape index (κ3) is 14.0. The van der Waals surface area contributed by atoms with Crippen molar-refractivity contribution in [3.05, 3.63) is 83.6 Å². The molecule has 202 valence electrons. The number of hydrogen-bond donors (Lipinski definition) is 1. The van der Waals surface area contributed by atoms with Gasteiger partial charge < -0.3 is 5.11 Å². The fraction of sp³-hybridized carbons (Fsp3) is 0.600. The number of rotatable bonds is 14. The highest BCUT2D eigenvalue weighted by Crippen LogP contribution is 2.44. The van der Waals surface area contributed by atoms with E-state index in [1.807, 2.05) is 19.1 Å². The van der Waals surface area contributed by atoms with Crippen molar-refractivity contribution in [2.24, 2.45) is 29.1 Å². The Kier molecular flexibility index (Phi) is 15.7. The first-order valence-corrected chi connectivity index (χ1v) is 14.3. The van der Waals surface area contributed by atoms with Crippen molar-refractivity contribution < 1.29 is 5.11 Å². The van der Waals surface area contributed by atoms with E-state index in [-0.39, 0.29) is 6.61 Å². The average molecular weight is 493 g/mol. The summed E-state index contributed by atoms with van der Waals surface area (Å²) < 4.78 is 0. The summed E-state index contributed by atoms with van der Waals surface area (Å²) >= 11 is 0. The van der Waals surface area contributed by atoms with Crippen LogP contribution in [0.2, 0.25) is 0 Å². The van der Waals surface area contributed by atoms with E-state index in [0.717, 1.165) is 30.3 Å². The van der Waals surface area contributed by atoms with Crippen LogP contribution in [-0.4, -0.2) is 11.7 Å². The Labute approximate surface area is 224 Å². The van der Waals surface area contributed by atoms with E-state index in [9.17, 15) is 0 Å². The van der Waals surface area contributed by atoms with E-state index in [0.29, 0.717) is 17.3 Å². The van der Waals surface area contributed by atoms with Crippen LogP contribution >= 0.6 is 0 Å². The summed E-state index contributed by atoms with van der Waals surface area (Å²) in [6, 6.07) is 0. The molecular weight excluding hydrogens is 436 g/mol. The van der Waals surface area contributed by atoms with E-state index in [1.54, 1.807) is 0 Å². The van der Waals surface area contributed by atoms with Crippen LogP contribution in [0, 0.1) is 29.1 Å². The Hall–Kier alpha value is -1.86. The quantitative estimate of drug-likeness (QED) is 0.189. The van der Waals surface area contributed by atoms with Gasteiger partial charge in [-0.2, -0.15) is 0 Å². The molecule has 1 N–H and O–H groups in total. The molecule has 0 aromatic carbocycles. The van der Waals surface area contributed by atoms with Crippen LogP contribution in [0.5, 0.6) is 0 Å².